The number of ether oxygens (including phenoxy) is 2. The van der Waals surface area contributed by atoms with E-state index in [0.29, 0.717) is 26.3 Å². The number of morpholine rings is 1. The summed E-state index contributed by atoms with van der Waals surface area (Å²) < 4.78 is 10.3. The Morgan fingerprint density at radius 2 is 2.17 bits per heavy atom. The summed E-state index contributed by atoms with van der Waals surface area (Å²) in [5, 5.41) is 10.0. The molecule has 6 nitrogen and oxygen atoms in total. The molecular weight excluding hydrogens is 238 g/mol. The molecule has 1 N–H and O–H groups in total. The van der Waals surface area contributed by atoms with Crippen LogP contribution in [0.5, 0.6) is 0 Å². The van der Waals surface area contributed by atoms with Crippen molar-refractivity contribution in [2.45, 2.75) is 18.1 Å². The number of amides is 1. The van der Waals surface area contributed by atoms with Gasteiger partial charge in [0.1, 0.15) is 6.10 Å². The highest BCUT2D eigenvalue weighted by atomic mass is 16.6. The molecule has 0 radical (unpaired) electrons. The predicted molar refractivity (Wildman–Crippen MR) is 59.5 cm³/mol. The van der Waals surface area contributed by atoms with Crippen LogP contribution in [0.1, 0.15) is 6.42 Å². The lowest BCUT2D eigenvalue weighted by Gasteiger charge is -2.42. The Morgan fingerprint density at radius 1 is 1.44 bits per heavy atom. The van der Waals surface area contributed by atoms with Gasteiger partial charge in [0, 0.05) is 19.5 Å². The van der Waals surface area contributed by atoms with E-state index in [2.05, 4.69) is 0 Å². The molecule has 6 heteroatoms. The van der Waals surface area contributed by atoms with E-state index in [1.807, 2.05) is 0 Å². The highest BCUT2D eigenvalue weighted by Crippen LogP contribution is 2.37. The Kier molecular flexibility index (Phi) is 2.64. The lowest BCUT2D eigenvalue weighted by atomic mass is 9.78. The van der Waals surface area contributed by atoms with Crippen LogP contribution >= 0.6 is 0 Å². The molecule has 1 amide bonds. The number of hydrogen-bond donors (Lipinski definition) is 1. The second-order valence-corrected chi connectivity index (χ2v) is 4.90. The third kappa shape index (κ3) is 1.72. The first-order chi connectivity index (χ1) is 8.60. The number of rotatable bonds is 1. The standard InChI is InChI=1S/C12H15NO5/c14-10(13-3-5-17-6-4-13)8-7-12(16)2-1-9(8)18-11(12)15/h1-2,8-9,16H,3-7H2. The maximum Gasteiger partial charge on any atom is 0.342 e. The molecule has 18 heavy (non-hydrogen) atoms. The van der Waals surface area contributed by atoms with Gasteiger partial charge in [-0.3, -0.25) is 4.79 Å². The zero-order valence-corrected chi connectivity index (χ0v) is 9.87. The van der Waals surface area contributed by atoms with Gasteiger partial charge in [-0.25, -0.2) is 4.79 Å². The summed E-state index contributed by atoms with van der Waals surface area (Å²) in [6.45, 7) is 2.17. The Morgan fingerprint density at radius 3 is 2.78 bits per heavy atom. The lowest BCUT2D eigenvalue weighted by Crippen LogP contribution is -2.58. The second-order valence-electron chi connectivity index (χ2n) is 4.90. The van der Waals surface area contributed by atoms with E-state index in [4.69, 9.17) is 9.47 Å². The number of carbonyl (C=O) groups excluding carboxylic acids is 2. The molecule has 0 saturated carbocycles. The van der Waals surface area contributed by atoms with Crippen LogP contribution in [-0.2, 0) is 19.1 Å². The van der Waals surface area contributed by atoms with E-state index in [1.54, 1.807) is 11.0 Å². The van der Waals surface area contributed by atoms with Gasteiger partial charge < -0.3 is 19.5 Å². The van der Waals surface area contributed by atoms with Gasteiger partial charge in [0.15, 0.2) is 5.60 Å². The van der Waals surface area contributed by atoms with Crippen LogP contribution in [0.15, 0.2) is 12.2 Å². The van der Waals surface area contributed by atoms with Crippen molar-refractivity contribution in [1.82, 2.24) is 4.90 Å². The number of esters is 1. The maximum absolute atomic E-state index is 12.3. The Hall–Kier alpha value is -1.40. The molecule has 4 rings (SSSR count). The van der Waals surface area contributed by atoms with Crippen molar-refractivity contribution in [3.63, 3.8) is 0 Å². The summed E-state index contributed by atoms with van der Waals surface area (Å²) in [5.74, 6) is -1.20. The molecular formula is C12H15NO5. The van der Waals surface area contributed by atoms with E-state index in [-0.39, 0.29) is 12.3 Å². The Bertz CT molecular complexity index is 415. The number of hydrogen-bond acceptors (Lipinski definition) is 5. The lowest BCUT2D eigenvalue weighted by molar-refractivity contribution is -0.186. The van der Waals surface area contributed by atoms with Crippen molar-refractivity contribution < 1.29 is 24.2 Å². The van der Waals surface area contributed by atoms with Crippen molar-refractivity contribution in [3.8, 4) is 0 Å². The van der Waals surface area contributed by atoms with Crippen LogP contribution in [0.3, 0.4) is 0 Å². The summed E-state index contributed by atoms with van der Waals surface area (Å²) in [7, 11) is 0. The maximum atomic E-state index is 12.3. The molecule has 3 heterocycles. The van der Waals surface area contributed by atoms with Crippen molar-refractivity contribution in [2.75, 3.05) is 26.3 Å². The summed E-state index contributed by atoms with van der Waals surface area (Å²) in [5.41, 5.74) is -1.62. The monoisotopic (exact) mass is 253 g/mol. The first-order valence-corrected chi connectivity index (χ1v) is 6.09. The number of carbonyl (C=O) groups is 2. The Balaban J connectivity index is 1.76. The molecule has 2 bridgehead atoms. The molecule has 1 aliphatic carbocycles. The zero-order valence-electron chi connectivity index (χ0n) is 9.87. The fourth-order valence-corrected chi connectivity index (χ4v) is 2.65. The van der Waals surface area contributed by atoms with Crippen LogP contribution < -0.4 is 0 Å². The van der Waals surface area contributed by atoms with Gasteiger partial charge in [0.25, 0.3) is 0 Å². The van der Waals surface area contributed by atoms with Gasteiger partial charge in [0.05, 0.1) is 19.1 Å². The van der Waals surface area contributed by atoms with Gasteiger partial charge >= 0.3 is 5.97 Å². The highest BCUT2D eigenvalue weighted by Gasteiger charge is 2.52. The second kappa shape index (κ2) is 4.07. The molecule has 0 aromatic rings. The largest absolute Gasteiger partial charge is 0.455 e. The van der Waals surface area contributed by atoms with Crippen LogP contribution in [0.4, 0.5) is 0 Å². The summed E-state index contributed by atoms with van der Waals surface area (Å²) in [4.78, 5) is 25.5. The smallest absolute Gasteiger partial charge is 0.342 e. The van der Waals surface area contributed by atoms with E-state index in [1.165, 1.54) is 6.08 Å². The summed E-state index contributed by atoms with van der Waals surface area (Å²) >= 11 is 0. The van der Waals surface area contributed by atoms with Crippen LogP contribution in [0.2, 0.25) is 0 Å². The molecule has 2 fully saturated rings. The average molecular weight is 253 g/mol. The zero-order chi connectivity index (χ0) is 12.8. The molecule has 3 atom stereocenters. The van der Waals surface area contributed by atoms with Crippen LogP contribution in [-0.4, -0.2) is 59.9 Å². The molecule has 3 unspecified atom stereocenters. The quantitative estimate of drug-likeness (QED) is 0.483. The minimum absolute atomic E-state index is 0.0708. The third-order valence-corrected chi connectivity index (χ3v) is 3.73. The van der Waals surface area contributed by atoms with Gasteiger partial charge in [-0.15, -0.1) is 0 Å². The van der Waals surface area contributed by atoms with Crippen molar-refractivity contribution in [1.29, 1.82) is 0 Å². The molecule has 0 aromatic heterocycles. The molecule has 4 aliphatic rings. The molecule has 3 aliphatic heterocycles. The van der Waals surface area contributed by atoms with Crippen LogP contribution in [0, 0.1) is 5.92 Å². The summed E-state index contributed by atoms with van der Waals surface area (Å²) in [6.07, 6.45) is 2.62. The fourth-order valence-electron chi connectivity index (χ4n) is 2.65. The molecule has 0 spiro atoms. The SMILES string of the molecule is O=C(C1CC2(O)C=CC1OC2=O)N1CCOCC1. The predicted octanol–water partition coefficient (Wildman–Crippen LogP) is -0.922. The van der Waals surface area contributed by atoms with Gasteiger partial charge in [-0.1, -0.05) is 0 Å². The number of fused-ring (bicyclic) bond motifs is 2. The van der Waals surface area contributed by atoms with E-state index >= 15 is 0 Å². The normalized spacial score (nSPS) is 38.7. The van der Waals surface area contributed by atoms with Crippen molar-refractivity contribution >= 4 is 11.9 Å². The molecule has 0 aromatic carbocycles. The van der Waals surface area contributed by atoms with E-state index in [0.717, 1.165) is 0 Å². The third-order valence-electron chi connectivity index (χ3n) is 3.73. The first-order valence-electron chi connectivity index (χ1n) is 6.09. The molecule has 98 valence electrons. The van der Waals surface area contributed by atoms with Crippen molar-refractivity contribution in [2.24, 2.45) is 5.92 Å². The van der Waals surface area contributed by atoms with Crippen molar-refractivity contribution in [3.05, 3.63) is 12.2 Å². The number of nitrogens with zero attached hydrogens (tertiary/aromatic N) is 1. The van der Waals surface area contributed by atoms with Crippen LogP contribution in [0.25, 0.3) is 0 Å². The number of aliphatic hydroxyl groups is 1. The summed E-state index contributed by atoms with van der Waals surface area (Å²) in [6, 6.07) is 0. The minimum atomic E-state index is -1.62. The molecule has 2 saturated heterocycles. The van der Waals surface area contributed by atoms with E-state index in [9.17, 15) is 14.7 Å². The fraction of sp³-hybridized carbons (Fsp3) is 0.667. The average Bonchev–Trinajstić information content (AvgIpc) is 2.40. The topological polar surface area (TPSA) is 76.1 Å². The first kappa shape index (κ1) is 11.7. The highest BCUT2D eigenvalue weighted by molar-refractivity contribution is 5.89. The van der Waals surface area contributed by atoms with Gasteiger partial charge in [-0.2, -0.15) is 0 Å². The van der Waals surface area contributed by atoms with Gasteiger partial charge in [-0.05, 0) is 12.2 Å². The minimum Gasteiger partial charge on any atom is -0.455 e. The Labute approximate surface area is 104 Å². The van der Waals surface area contributed by atoms with E-state index < -0.39 is 23.6 Å². The van der Waals surface area contributed by atoms with Gasteiger partial charge in [0.2, 0.25) is 5.91 Å².